The summed E-state index contributed by atoms with van der Waals surface area (Å²) in [5.74, 6) is 0.875. The first-order valence-corrected chi connectivity index (χ1v) is 11.2. The van der Waals surface area contributed by atoms with Gasteiger partial charge in [0.1, 0.15) is 11.3 Å². The van der Waals surface area contributed by atoms with E-state index in [2.05, 4.69) is 75.2 Å². The first-order valence-electron chi connectivity index (χ1n) is 11.2. The molecule has 1 aromatic carbocycles. The lowest BCUT2D eigenvalue weighted by Gasteiger charge is -2.41. The summed E-state index contributed by atoms with van der Waals surface area (Å²) in [5, 5.41) is 3.87. The lowest BCUT2D eigenvalue weighted by molar-refractivity contribution is -0.0454. The highest BCUT2D eigenvalue weighted by Gasteiger charge is 2.53. The number of hydrogen-bond donors (Lipinski definition) is 1. The maximum absolute atomic E-state index is 6.64. The number of ether oxygens (including phenoxy) is 2. The van der Waals surface area contributed by atoms with Crippen LogP contribution in [0.4, 0.5) is 5.69 Å². The molecule has 0 aliphatic carbocycles. The predicted molar refractivity (Wildman–Crippen MR) is 121 cm³/mol. The number of aromatic nitrogens is 2. The minimum Gasteiger partial charge on any atom is -0.497 e. The van der Waals surface area contributed by atoms with E-state index in [1.54, 1.807) is 7.11 Å². The van der Waals surface area contributed by atoms with Crippen molar-refractivity contribution in [3.8, 4) is 11.4 Å². The van der Waals surface area contributed by atoms with Crippen LogP contribution < -0.4 is 10.1 Å². The van der Waals surface area contributed by atoms with Gasteiger partial charge in [-0.05, 0) is 49.2 Å². The van der Waals surface area contributed by atoms with Crippen molar-refractivity contribution >= 4 is 5.69 Å². The van der Waals surface area contributed by atoms with Gasteiger partial charge in [0.15, 0.2) is 0 Å². The zero-order chi connectivity index (χ0) is 21.1. The van der Waals surface area contributed by atoms with E-state index >= 15 is 0 Å². The molecule has 3 aliphatic heterocycles. The number of nitrogens with zero attached hydrogens (tertiary/aromatic N) is 3. The fraction of sp³-hybridized carbons (Fsp3) is 0.440. The van der Waals surface area contributed by atoms with Crippen molar-refractivity contribution in [2.45, 2.75) is 36.9 Å². The Morgan fingerprint density at radius 2 is 1.94 bits per heavy atom. The number of hydrogen-bond acceptors (Lipinski definition) is 4. The zero-order valence-corrected chi connectivity index (χ0v) is 18.3. The Morgan fingerprint density at radius 1 is 1.10 bits per heavy atom. The van der Waals surface area contributed by atoms with Crippen molar-refractivity contribution < 1.29 is 9.47 Å². The van der Waals surface area contributed by atoms with Crippen LogP contribution in [0, 0.1) is 0 Å². The molecule has 5 heterocycles. The van der Waals surface area contributed by atoms with Gasteiger partial charge in [0.05, 0.1) is 36.4 Å². The fourth-order valence-corrected chi connectivity index (χ4v) is 5.76. The van der Waals surface area contributed by atoms with E-state index in [1.165, 1.54) is 17.1 Å². The predicted octanol–water partition coefficient (Wildman–Crippen LogP) is 3.90. The Morgan fingerprint density at radius 3 is 2.71 bits per heavy atom. The largest absolute Gasteiger partial charge is 0.497 e. The second-order valence-corrected chi connectivity index (χ2v) is 9.39. The second-order valence-electron chi connectivity index (χ2n) is 9.39. The van der Waals surface area contributed by atoms with E-state index in [4.69, 9.17) is 9.47 Å². The number of rotatable bonds is 3. The standard InChI is InChI=1S/C25H30N4O2/c1-27-11-3-5-19(27)16-28-13-9-24(10-14-28)17-25(18-31-24)23-6-4-12-29(23)22-8-7-20(30-2)15-21(22)26-25/h3-8,11-12,15,26H,9-10,13-14,16-18H2,1-2H3. The molecule has 3 aromatic rings. The van der Waals surface area contributed by atoms with Crippen LogP contribution in [0.5, 0.6) is 5.75 Å². The van der Waals surface area contributed by atoms with Crippen LogP contribution in [0.3, 0.4) is 0 Å². The number of piperidine rings is 1. The maximum atomic E-state index is 6.64. The maximum Gasteiger partial charge on any atom is 0.121 e. The molecule has 0 radical (unpaired) electrons. The molecule has 2 aromatic heterocycles. The highest BCUT2D eigenvalue weighted by atomic mass is 16.5. The third-order valence-corrected chi connectivity index (χ3v) is 7.53. The number of likely N-dealkylation sites (tertiary alicyclic amines) is 1. The first-order chi connectivity index (χ1) is 15.1. The monoisotopic (exact) mass is 418 g/mol. The fourth-order valence-electron chi connectivity index (χ4n) is 5.76. The molecule has 1 unspecified atom stereocenters. The molecule has 0 bridgehead atoms. The Bertz CT molecular complexity index is 1110. The van der Waals surface area contributed by atoms with Crippen LogP contribution in [-0.2, 0) is 23.9 Å². The van der Waals surface area contributed by atoms with Gasteiger partial charge in [0.2, 0.25) is 0 Å². The van der Waals surface area contributed by atoms with Crippen LogP contribution in [0.15, 0.2) is 54.9 Å². The summed E-state index contributed by atoms with van der Waals surface area (Å²) in [7, 11) is 3.85. The lowest BCUT2D eigenvalue weighted by atomic mass is 9.79. The Labute approximate surface area is 183 Å². The number of methoxy groups -OCH3 is 1. The summed E-state index contributed by atoms with van der Waals surface area (Å²) < 4.78 is 16.7. The van der Waals surface area contributed by atoms with Gasteiger partial charge < -0.3 is 23.9 Å². The quantitative estimate of drug-likeness (QED) is 0.701. The van der Waals surface area contributed by atoms with E-state index in [9.17, 15) is 0 Å². The molecule has 2 saturated heterocycles. The third kappa shape index (κ3) is 3.00. The molecule has 6 nitrogen and oxygen atoms in total. The molecule has 1 atom stereocenters. The molecule has 6 heteroatoms. The van der Waals surface area contributed by atoms with Crippen molar-refractivity contribution in [3.63, 3.8) is 0 Å². The summed E-state index contributed by atoms with van der Waals surface area (Å²) >= 11 is 0. The van der Waals surface area contributed by atoms with Crippen LogP contribution in [0.1, 0.15) is 30.7 Å². The molecule has 2 spiro atoms. The minimum absolute atomic E-state index is 0.0524. The topological polar surface area (TPSA) is 43.6 Å². The van der Waals surface area contributed by atoms with Crippen LogP contribution >= 0.6 is 0 Å². The zero-order valence-electron chi connectivity index (χ0n) is 18.3. The number of fused-ring (bicyclic) bond motifs is 4. The van der Waals surface area contributed by atoms with Crippen molar-refractivity contribution in [2.24, 2.45) is 7.05 Å². The van der Waals surface area contributed by atoms with Crippen LogP contribution in [0.2, 0.25) is 0 Å². The Balaban J connectivity index is 1.23. The van der Waals surface area contributed by atoms with Gasteiger partial charge in [-0.25, -0.2) is 0 Å². The first kappa shape index (κ1) is 19.0. The van der Waals surface area contributed by atoms with Crippen molar-refractivity contribution in [3.05, 3.63) is 66.2 Å². The van der Waals surface area contributed by atoms with Gasteiger partial charge in [0, 0.05) is 57.3 Å². The van der Waals surface area contributed by atoms with Crippen molar-refractivity contribution in [1.29, 1.82) is 0 Å². The van der Waals surface area contributed by atoms with Crippen molar-refractivity contribution in [1.82, 2.24) is 14.0 Å². The summed E-state index contributed by atoms with van der Waals surface area (Å²) in [6, 6.07) is 15.0. The van der Waals surface area contributed by atoms with Gasteiger partial charge >= 0.3 is 0 Å². The smallest absolute Gasteiger partial charge is 0.121 e. The summed E-state index contributed by atoms with van der Waals surface area (Å²) in [6.45, 7) is 3.86. The molecule has 0 amide bonds. The molecule has 162 valence electrons. The summed E-state index contributed by atoms with van der Waals surface area (Å²) in [6.07, 6.45) is 7.44. The molecule has 1 N–H and O–H groups in total. The molecular formula is C25H30N4O2. The number of benzene rings is 1. The van der Waals surface area contributed by atoms with Gasteiger partial charge in [-0.1, -0.05) is 0 Å². The highest BCUT2D eigenvalue weighted by Crippen LogP contribution is 2.50. The molecule has 2 fully saturated rings. The summed E-state index contributed by atoms with van der Waals surface area (Å²) in [5.41, 5.74) is 4.71. The van der Waals surface area contributed by atoms with Gasteiger partial charge in [-0.15, -0.1) is 0 Å². The molecular weight excluding hydrogens is 388 g/mol. The average Bonchev–Trinajstić information content (AvgIpc) is 3.51. The molecule has 3 aliphatic rings. The van der Waals surface area contributed by atoms with Crippen LogP contribution in [0.25, 0.3) is 5.69 Å². The normalized spacial score (nSPS) is 24.2. The van der Waals surface area contributed by atoms with Gasteiger partial charge in [-0.2, -0.15) is 0 Å². The number of nitrogens with one attached hydrogen (secondary N) is 1. The van der Waals surface area contributed by atoms with E-state index in [0.29, 0.717) is 6.61 Å². The third-order valence-electron chi connectivity index (χ3n) is 7.53. The van der Waals surface area contributed by atoms with E-state index in [-0.39, 0.29) is 11.1 Å². The highest BCUT2D eigenvalue weighted by molar-refractivity contribution is 5.69. The van der Waals surface area contributed by atoms with Crippen LogP contribution in [-0.4, -0.2) is 46.4 Å². The SMILES string of the molecule is COc1ccc2c(c1)NC1(COC3(CCN(Cc4cccn4C)CC3)C1)c1cccn1-2. The van der Waals surface area contributed by atoms with Gasteiger partial charge in [0.25, 0.3) is 0 Å². The van der Waals surface area contributed by atoms with Gasteiger partial charge in [-0.3, -0.25) is 4.90 Å². The minimum atomic E-state index is -0.191. The lowest BCUT2D eigenvalue weighted by Crippen LogP contribution is -2.46. The Hall–Kier alpha value is -2.70. The average molecular weight is 419 g/mol. The number of anilines is 1. The summed E-state index contributed by atoms with van der Waals surface area (Å²) in [4.78, 5) is 2.56. The number of aryl methyl sites for hydroxylation is 1. The second kappa shape index (κ2) is 6.90. The molecule has 6 rings (SSSR count). The van der Waals surface area contributed by atoms with Crippen molar-refractivity contribution in [2.75, 3.05) is 32.1 Å². The Kier molecular flexibility index (Phi) is 4.24. The van der Waals surface area contributed by atoms with E-state index in [1.807, 2.05) is 6.07 Å². The molecule has 0 saturated carbocycles. The van der Waals surface area contributed by atoms with E-state index < -0.39 is 0 Å². The van der Waals surface area contributed by atoms with E-state index in [0.717, 1.165) is 50.3 Å². The molecule has 31 heavy (non-hydrogen) atoms.